The van der Waals surface area contributed by atoms with Crippen molar-refractivity contribution < 1.29 is 13.0 Å². The van der Waals surface area contributed by atoms with E-state index in [4.69, 9.17) is 0 Å². The SMILES string of the molecule is CC12CC3CC(C1)CC(S(=O)(=O)O)(C3)C2. The van der Waals surface area contributed by atoms with Crippen LogP contribution in [0.15, 0.2) is 0 Å². The highest BCUT2D eigenvalue weighted by molar-refractivity contribution is 7.87. The fraction of sp³-hybridized carbons (Fsp3) is 1.00. The Morgan fingerprint density at radius 2 is 1.67 bits per heavy atom. The number of hydrogen-bond donors (Lipinski definition) is 1. The average molecular weight is 230 g/mol. The lowest BCUT2D eigenvalue weighted by Crippen LogP contribution is -2.58. The summed E-state index contributed by atoms with van der Waals surface area (Å²) in [5.41, 5.74) is 0.180. The van der Waals surface area contributed by atoms with E-state index >= 15 is 0 Å². The van der Waals surface area contributed by atoms with Crippen LogP contribution in [-0.4, -0.2) is 17.7 Å². The molecule has 0 radical (unpaired) electrons. The summed E-state index contributed by atoms with van der Waals surface area (Å²) in [6.07, 6.45) is 5.62. The fourth-order valence-electron chi connectivity index (χ4n) is 4.93. The van der Waals surface area contributed by atoms with Crippen molar-refractivity contribution in [2.24, 2.45) is 17.3 Å². The summed E-state index contributed by atoms with van der Waals surface area (Å²) in [6.45, 7) is 2.20. The Kier molecular flexibility index (Phi) is 1.74. The van der Waals surface area contributed by atoms with E-state index in [2.05, 4.69) is 6.92 Å². The third-order valence-electron chi connectivity index (χ3n) is 4.85. The second kappa shape index (κ2) is 2.59. The molecule has 15 heavy (non-hydrogen) atoms. The molecule has 4 aliphatic rings. The lowest BCUT2D eigenvalue weighted by molar-refractivity contribution is -0.0311. The second-order valence-electron chi connectivity index (χ2n) is 6.43. The minimum atomic E-state index is -3.86. The van der Waals surface area contributed by atoms with Crippen molar-refractivity contribution in [2.75, 3.05) is 0 Å². The summed E-state index contributed by atoms with van der Waals surface area (Å²) in [5, 5.41) is 0. The molecule has 2 atom stereocenters. The molecule has 0 heterocycles. The topological polar surface area (TPSA) is 54.4 Å². The summed E-state index contributed by atoms with van der Waals surface area (Å²) in [6, 6.07) is 0. The minimum absolute atomic E-state index is 0.180. The standard InChI is InChI=1S/C11H18O3S/c1-10-3-8-2-9(4-10)6-11(5-8,7-10)15(12,13)14/h8-9H,2-7H2,1H3,(H,12,13,14). The highest BCUT2D eigenvalue weighted by atomic mass is 32.2. The molecule has 0 aromatic rings. The van der Waals surface area contributed by atoms with E-state index in [-0.39, 0.29) is 5.41 Å². The van der Waals surface area contributed by atoms with Gasteiger partial charge in [0.05, 0.1) is 4.75 Å². The van der Waals surface area contributed by atoms with Gasteiger partial charge in [-0.3, -0.25) is 4.55 Å². The molecular weight excluding hydrogens is 212 g/mol. The lowest BCUT2D eigenvalue weighted by atomic mass is 9.50. The van der Waals surface area contributed by atoms with Crippen molar-refractivity contribution in [1.82, 2.24) is 0 Å². The first-order chi connectivity index (χ1) is 6.82. The zero-order valence-corrected chi connectivity index (χ0v) is 9.89. The van der Waals surface area contributed by atoms with Gasteiger partial charge in [-0.15, -0.1) is 0 Å². The van der Waals surface area contributed by atoms with Crippen LogP contribution in [0.5, 0.6) is 0 Å². The minimum Gasteiger partial charge on any atom is -0.285 e. The van der Waals surface area contributed by atoms with Gasteiger partial charge in [0.1, 0.15) is 0 Å². The molecule has 0 spiro atoms. The maximum absolute atomic E-state index is 11.6. The Hall–Kier alpha value is -0.0900. The van der Waals surface area contributed by atoms with Crippen molar-refractivity contribution in [3.8, 4) is 0 Å². The molecule has 4 aliphatic carbocycles. The molecule has 86 valence electrons. The molecule has 4 saturated carbocycles. The smallest absolute Gasteiger partial charge is 0.270 e. The molecule has 0 aromatic heterocycles. The average Bonchev–Trinajstić information content (AvgIpc) is 1.95. The van der Waals surface area contributed by atoms with E-state index in [1.54, 1.807) is 0 Å². The highest BCUT2D eigenvalue weighted by Crippen LogP contribution is 2.63. The second-order valence-corrected chi connectivity index (χ2v) is 8.25. The van der Waals surface area contributed by atoms with Crippen LogP contribution in [0.3, 0.4) is 0 Å². The van der Waals surface area contributed by atoms with Crippen LogP contribution in [0.1, 0.15) is 45.4 Å². The highest BCUT2D eigenvalue weighted by Gasteiger charge is 2.61. The third kappa shape index (κ3) is 1.30. The van der Waals surface area contributed by atoms with Gasteiger partial charge in [0.25, 0.3) is 10.1 Å². The lowest BCUT2D eigenvalue weighted by Gasteiger charge is -2.59. The Labute approximate surface area is 91.0 Å². The maximum Gasteiger partial charge on any atom is 0.270 e. The predicted molar refractivity (Wildman–Crippen MR) is 57.1 cm³/mol. The molecule has 4 heteroatoms. The maximum atomic E-state index is 11.6. The fourth-order valence-corrected chi connectivity index (χ4v) is 6.35. The molecular formula is C11H18O3S. The summed E-state index contributed by atoms with van der Waals surface area (Å²) >= 11 is 0. The monoisotopic (exact) mass is 230 g/mol. The van der Waals surface area contributed by atoms with Gasteiger partial charge in [-0.05, 0) is 55.8 Å². The van der Waals surface area contributed by atoms with Crippen molar-refractivity contribution in [3.63, 3.8) is 0 Å². The molecule has 2 unspecified atom stereocenters. The molecule has 3 nitrogen and oxygen atoms in total. The summed E-state index contributed by atoms with van der Waals surface area (Å²) in [4.78, 5) is 0. The van der Waals surface area contributed by atoms with E-state index in [9.17, 15) is 13.0 Å². The predicted octanol–water partition coefficient (Wildman–Crippen LogP) is 2.23. The summed E-state index contributed by atoms with van der Waals surface area (Å²) in [7, 11) is -3.86. The Morgan fingerprint density at radius 1 is 1.13 bits per heavy atom. The Morgan fingerprint density at radius 3 is 2.07 bits per heavy atom. The van der Waals surface area contributed by atoms with E-state index < -0.39 is 14.9 Å². The van der Waals surface area contributed by atoms with Gasteiger partial charge in [-0.2, -0.15) is 8.42 Å². The largest absolute Gasteiger partial charge is 0.285 e. The van der Waals surface area contributed by atoms with Gasteiger partial charge < -0.3 is 0 Å². The summed E-state index contributed by atoms with van der Waals surface area (Å²) < 4.78 is 31.9. The molecule has 0 amide bonds. The number of hydrogen-bond acceptors (Lipinski definition) is 2. The molecule has 0 aliphatic heterocycles. The van der Waals surface area contributed by atoms with Gasteiger partial charge in [0.2, 0.25) is 0 Å². The van der Waals surface area contributed by atoms with Crippen LogP contribution in [0, 0.1) is 17.3 Å². The normalized spacial score (nSPS) is 53.5. The van der Waals surface area contributed by atoms with Crippen LogP contribution in [0.2, 0.25) is 0 Å². The van der Waals surface area contributed by atoms with E-state index in [1.807, 2.05) is 0 Å². The van der Waals surface area contributed by atoms with Crippen LogP contribution in [0.25, 0.3) is 0 Å². The molecule has 4 fully saturated rings. The van der Waals surface area contributed by atoms with E-state index in [0.717, 1.165) is 0 Å². The van der Waals surface area contributed by atoms with Gasteiger partial charge in [-0.25, -0.2) is 0 Å². The molecule has 4 rings (SSSR count). The first-order valence-corrected chi connectivity index (χ1v) is 7.23. The van der Waals surface area contributed by atoms with Crippen molar-refractivity contribution in [3.05, 3.63) is 0 Å². The van der Waals surface area contributed by atoms with Crippen molar-refractivity contribution in [1.29, 1.82) is 0 Å². The van der Waals surface area contributed by atoms with Crippen LogP contribution >= 0.6 is 0 Å². The van der Waals surface area contributed by atoms with Gasteiger partial charge in [0.15, 0.2) is 0 Å². The van der Waals surface area contributed by atoms with E-state index in [0.29, 0.717) is 31.1 Å². The molecule has 0 saturated heterocycles. The van der Waals surface area contributed by atoms with E-state index in [1.165, 1.54) is 19.3 Å². The number of rotatable bonds is 1. The zero-order chi connectivity index (χ0) is 10.9. The Balaban J connectivity index is 2.07. The first-order valence-electron chi connectivity index (χ1n) is 5.79. The Bertz CT molecular complexity index is 384. The molecule has 1 N–H and O–H groups in total. The third-order valence-corrected chi connectivity index (χ3v) is 6.42. The van der Waals surface area contributed by atoms with Crippen LogP contribution in [-0.2, 0) is 10.1 Å². The summed E-state index contributed by atoms with van der Waals surface area (Å²) in [5.74, 6) is 1.08. The molecule has 4 bridgehead atoms. The van der Waals surface area contributed by atoms with Gasteiger partial charge in [-0.1, -0.05) is 6.92 Å². The first kappa shape index (κ1) is 10.1. The molecule has 0 aromatic carbocycles. The van der Waals surface area contributed by atoms with Crippen LogP contribution in [0.4, 0.5) is 0 Å². The van der Waals surface area contributed by atoms with Crippen LogP contribution < -0.4 is 0 Å². The van der Waals surface area contributed by atoms with Crippen molar-refractivity contribution in [2.45, 2.75) is 50.2 Å². The quantitative estimate of drug-likeness (QED) is 0.703. The van der Waals surface area contributed by atoms with Crippen molar-refractivity contribution >= 4 is 10.1 Å². The zero-order valence-electron chi connectivity index (χ0n) is 9.07. The van der Waals surface area contributed by atoms with Gasteiger partial charge >= 0.3 is 0 Å². The van der Waals surface area contributed by atoms with Gasteiger partial charge in [0, 0.05) is 0 Å².